The lowest BCUT2D eigenvalue weighted by molar-refractivity contribution is -0.131. The first-order valence-corrected chi connectivity index (χ1v) is 4.05. The average molecular weight is 187 g/mol. The number of aryl methyl sites for hydroxylation is 1. The molecule has 0 aliphatic heterocycles. The molecule has 1 aromatic rings. The Kier molecular flexibility index (Phi) is 3.03. The van der Waals surface area contributed by atoms with Crippen LogP contribution in [0, 0.1) is 18.3 Å². The molecule has 0 saturated carbocycles. The van der Waals surface area contributed by atoms with Gasteiger partial charge in [-0.2, -0.15) is 5.26 Å². The number of carbonyl (C=O) groups is 1. The molecule has 0 bridgehead atoms. The summed E-state index contributed by atoms with van der Waals surface area (Å²) in [6.07, 6.45) is 2.54. The van der Waals surface area contributed by atoms with Crippen molar-refractivity contribution >= 4 is 12.0 Å². The summed E-state index contributed by atoms with van der Waals surface area (Å²) in [5, 5.41) is 17.1. The van der Waals surface area contributed by atoms with Crippen molar-refractivity contribution in [2.45, 2.75) is 6.92 Å². The van der Waals surface area contributed by atoms with Gasteiger partial charge in [-0.3, -0.25) is 0 Å². The molecule has 1 rings (SSSR count). The molecular formula is C11H9NO2. The molecule has 3 nitrogen and oxygen atoms in total. The van der Waals surface area contributed by atoms with E-state index >= 15 is 0 Å². The van der Waals surface area contributed by atoms with Crippen molar-refractivity contribution in [1.82, 2.24) is 0 Å². The van der Waals surface area contributed by atoms with E-state index in [0.717, 1.165) is 17.2 Å². The molecule has 0 aromatic heterocycles. The van der Waals surface area contributed by atoms with E-state index in [1.807, 2.05) is 13.0 Å². The summed E-state index contributed by atoms with van der Waals surface area (Å²) in [4.78, 5) is 10.3. The minimum Gasteiger partial charge on any atom is -0.478 e. The molecule has 0 unspecified atom stereocenters. The molecule has 1 N–H and O–H groups in total. The highest BCUT2D eigenvalue weighted by Crippen LogP contribution is 2.12. The Morgan fingerprint density at radius 1 is 1.57 bits per heavy atom. The Morgan fingerprint density at radius 2 is 2.29 bits per heavy atom. The Hall–Kier alpha value is -2.08. The van der Waals surface area contributed by atoms with Crippen molar-refractivity contribution in [2.75, 3.05) is 0 Å². The number of nitrogens with zero attached hydrogens (tertiary/aromatic N) is 1. The fraction of sp³-hybridized carbons (Fsp3) is 0.0909. The number of aliphatic carboxylic acids is 1. The van der Waals surface area contributed by atoms with Crippen LogP contribution in [-0.2, 0) is 4.79 Å². The zero-order valence-corrected chi connectivity index (χ0v) is 7.69. The van der Waals surface area contributed by atoms with E-state index in [9.17, 15) is 4.79 Å². The van der Waals surface area contributed by atoms with Gasteiger partial charge in [0.15, 0.2) is 0 Å². The van der Waals surface area contributed by atoms with Crippen LogP contribution >= 0.6 is 0 Å². The number of hydrogen-bond donors (Lipinski definition) is 1. The van der Waals surface area contributed by atoms with E-state index in [-0.39, 0.29) is 0 Å². The maximum absolute atomic E-state index is 10.3. The third-order valence-corrected chi connectivity index (χ3v) is 1.81. The van der Waals surface area contributed by atoms with Crippen molar-refractivity contribution in [1.29, 1.82) is 5.26 Å². The van der Waals surface area contributed by atoms with E-state index in [1.165, 1.54) is 6.08 Å². The lowest BCUT2D eigenvalue weighted by Gasteiger charge is -1.99. The monoisotopic (exact) mass is 187 g/mol. The van der Waals surface area contributed by atoms with Crippen LogP contribution in [0.2, 0.25) is 0 Å². The van der Waals surface area contributed by atoms with Crippen molar-refractivity contribution in [2.24, 2.45) is 0 Å². The molecule has 3 heteroatoms. The van der Waals surface area contributed by atoms with Crippen LogP contribution < -0.4 is 0 Å². The van der Waals surface area contributed by atoms with E-state index in [4.69, 9.17) is 10.4 Å². The van der Waals surface area contributed by atoms with Crippen LogP contribution in [0.25, 0.3) is 6.08 Å². The quantitative estimate of drug-likeness (QED) is 0.720. The molecular weight excluding hydrogens is 178 g/mol. The third kappa shape index (κ3) is 2.46. The molecule has 0 amide bonds. The van der Waals surface area contributed by atoms with E-state index in [2.05, 4.69) is 0 Å². The van der Waals surface area contributed by atoms with Gasteiger partial charge in [-0.1, -0.05) is 6.07 Å². The summed E-state index contributed by atoms with van der Waals surface area (Å²) in [7, 11) is 0. The number of benzene rings is 1. The van der Waals surface area contributed by atoms with Crippen LogP contribution in [0.1, 0.15) is 16.7 Å². The average Bonchev–Trinajstić information content (AvgIpc) is 2.16. The molecule has 0 radical (unpaired) electrons. The topological polar surface area (TPSA) is 61.1 Å². The summed E-state index contributed by atoms with van der Waals surface area (Å²) in [5.74, 6) is -0.994. The summed E-state index contributed by atoms with van der Waals surface area (Å²) < 4.78 is 0. The first kappa shape index (κ1) is 10.0. The number of carboxylic acid groups (broad SMARTS) is 1. The molecule has 14 heavy (non-hydrogen) atoms. The number of rotatable bonds is 2. The van der Waals surface area contributed by atoms with Gasteiger partial charge in [-0.05, 0) is 36.3 Å². The zero-order valence-electron chi connectivity index (χ0n) is 7.69. The Morgan fingerprint density at radius 3 is 2.86 bits per heavy atom. The van der Waals surface area contributed by atoms with Gasteiger partial charge < -0.3 is 5.11 Å². The van der Waals surface area contributed by atoms with E-state index in [0.29, 0.717) is 5.56 Å². The minimum absolute atomic E-state index is 0.528. The highest BCUT2D eigenvalue weighted by atomic mass is 16.4. The second-order valence-electron chi connectivity index (χ2n) is 2.85. The third-order valence-electron chi connectivity index (χ3n) is 1.81. The minimum atomic E-state index is -0.994. The van der Waals surface area contributed by atoms with Crippen molar-refractivity contribution in [3.05, 3.63) is 41.0 Å². The number of carboxylic acids is 1. The molecule has 0 heterocycles. The van der Waals surface area contributed by atoms with Gasteiger partial charge in [0, 0.05) is 6.08 Å². The highest BCUT2D eigenvalue weighted by molar-refractivity contribution is 5.85. The Labute approximate surface area is 81.9 Å². The van der Waals surface area contributed by atoms with Gasteiger partial charge in [0.1, 0.15) is 0 Å². The van der Waals surface area contributed by atoms with Gasteiger partial charge in [-0.15, -0.1) is 0 Å². The second-order valence-corrected chi connectivity index (χ2v) is 2.85. The largest absolute Gasteiger partial charge is 0.478 e. The molecule has 0 spiro atoms. The fourth-order valence-electron chi connectivity index (χ4n) is 1.05. The normalized spacial score (nSPS) is 10.0. The maximum atomic E-state index is 10.3. The lowest BCUT2D eigenvalue weighted by atomic mass is 10.1. The van der Waals surface area contributed by atoms with E-state index in [1.54, 1.807) is 18.2 Å². The van der Waals surface area contributed by atoms with Crippen LogP contribution in [0.5, 0.6) is 0 Å². The van der Waals surface area contributed by atoms with Crippen LogP contribution in [-0.4, -0.2) is 11.1 Å². The predicted molar refractivity (Wildman–Crippen MR) is 52.6 cm³/mol. The predicted octanol–water partition coefficient (Wildman–Crippen LogP) is 1.96. The standard InChI is InChI=1S/C11H9NO2/c1-8-2-3-9(7-12)6-10(8)4-5-11(13)14/h2-6H,1H3,(H,13,14)/b5-4+. The van der Waals surface area contributed by atoms with Gasteiger partial charge in [0.05, 0.1) is 11.6 Å². The number of hydrogen-bond acceptors (Lipinski definition) is 2. The first-order valence-electron chi connectivity index (χ1n) is 4.05. The highest BCUT2D eigenvalue weighted by Gasteiger charge is 1.97. The van der Waals surface area contributed by atoms with Gasteiger partial charge in [0.2, 0.25) is 0 Å². The first-order chi connectivity index (χ1) is 6.63. The maximum Gasteiger partial charge on any atom is 0.328 e. The van der Waals surface area contributed by atoms with Crippen LogP contribution in [0.15, 0.2) is 24.3 Å². The molecule has 0 saturated heterocycles. The van der Waals surface area contributed by atoms with Crippen molar-refractivity contribution < 1.29 is 9.90 Å². The zero-order chi connectivity index (χ0) is 10.6. The summed E-state index contributed by atoms with van der Waals surface area (Å²) in [5.41, 5.74) is 2.23. The molecule has 1 aromatic carbocycles. The molecule has 0 aliphatic rings. The van der Waals surface area contributed by atoms with E-state index < -0.39 is 5.97 Å². The Bertz CT molecular complexity index is 427. The molecule has 0 fully saturated rings. The molecule has 0 atom stereocenters. The van der Waals surface area contributed by atoms with Crippen LogP contribution in [0.4, 0.5) is 0 Å². The SMILES string of the molecule is Cc1ccc(C#N)cc1/C=C/C(=O)O. The second kappa shape index (κ2) is 4.24. The molecule has 70 valence electrons. The fourth-order valence-corrected chi connectivity index (χ4v) is 1.05. The smallest absolute Gasteiger partial charge is 0.328 e. The lowest BCUT2D eigenvalue weighted by Crippen LogP contribution is -1.88. The van der Waals surface area contributed by atoms with Gasteiger partial charge in [-0.25, -0.2) is 4.79 Å². The van der Waals surface area contributed by atoms with Crippen molar-refractivity contribution in [3.63, 3.8) is 0 Å². The Balaban J connectivity index is 3.08. The van der Waals surface area contributed by atoms with Gasteiger partial charge in [0.25, 0.3) is 0 Å². The molecule has 0 aliphatic carbocycles. The van der Waals surface area contributed by atoms with Crippen molar-refractivity contribution in [3.8, 4) is 6.07 Å². The summed E-state index contributed by atoms with van der Waals surface area (Å²) in [6, 6.07) is 7.16. The number of nitriles is 1. The van der Waals surface area contributed by atoms with Crippen LogP contribution in [0.3, 0.4) is 0 Å². The summed E-state index contributed by atoms with van der Waals surface area (Å²) >= 11 is 0. The summed E-state index contributed by atoms with van der Waals surface area (Å²) in [6.45, 7) is 1.86. The van der Waals surface area contributed by atoms with Gasteiger partial charge >= 0.3 is 5.97 Å².